The minimum Gasteiger partial charge on any atom is -0.374 e. The molecule has 0 saturated carbocycles. The van der Waals surface area contributed by atoms with E-state index in [1.807, 2.05) is 18.4 Å². The molecule has 2 unspecified atom stereocenters. The van der Waals surface area contributed by atoms with Gasteiger partial charge in [0.25, 0.3) is 0 Å². The molecule has 0 fully saturated rings. The summed E-state index contributed by atoms with van der Waals surface area (Å²) in [6.45, 7) is 4.32. The van der Waals surface area contributed by atoms with Crippen LogP contribution in [-0.4, -0.2) is 35.0 Å². The zero-order valence-electron chi connectivity index (χ0n) is 14.3. The van der Waals surface area contributed by atoms with E-state index in [-0.39, 0.29) is 11.8 Å². The van der Waals surface area contributed by atoms with Crippen molar-refractivity contribution in [1.82, 2.24) is 5.32 Å². The molecule has 1 aromatic carbocycles. The third-order valence-electron chi connectivity index (χ3n) is 3.83. The van der Waals surface area contributed by atoms with Gasteiger partial charge in [-0.25, -0.2) is 0 Å². The van der Waals surface area contributed by atoms with E-state index in [1.165, 1.54) is 5.56 Å². The van der Waals surface area contributed by atoms with Crippen LogP contribution in [0, 0.1) is 5.92 Å². The number of thioether (sulfide) groups is 1. The molecule has 1 rings (SSSR count). The highest BCUT2D eigenvalue weighted by atomic mass is 32.2. The molecule has 23 heavy (non-hydrogen) atoms. The zero-order chi connectivity index (χ0) is 17.2. The van der Waals surface area contributed by atoms with Crippen LogP contribution in [0.15, 0.2) is 24.3 Å². The molecular formula is C18H29NO2S2. The first-order valence-corrected chi connectivity index (χ1v) is 10.2. The molecule has 1 amide bonds. The number of thiol groups is 1. The topological polar surface area (TPSA) is 49.3 Å². The number of benzene rings is 1. The molecule has 0 spiro atoms. The second-order valence-corrected chi connectivity index (χ2v) is 7.49. The van der Waals surface area contributed by atoms with Crippen LogP contribution >= 0.6 is 24.4 Å². The van der Waals surface area contributed by atoms with Gasteiger partial charge in [0.15, 0.2) is 0 Å². The number of amides is 1. The van der Waals surface area contributed by atoms with Crippen LogP contribution in [0.25, 0.3) is 0 Å². The van der Waals surface area contributed by atoms with Gasteiger partial charge in [-0.15, -0.1) is 0 Å². The van der Waals surface area contributed by atoms with Gasteiger partial charge in [-0.1, -0.05) is 38.1 Å². The highest BCUT2D eigenvalue weighted by molar-refractivity contribution is 7.98. The molecule has 0 aliphatic rings. The van der Waals surface area contributed by atoms with Gasteiger partial charge in [-0.3, -0.25) is 4.79 Å². The number of aliphatic hydroxyl groups is 1. The fourth-order valence-corrected chi connectivity index (χ4v) is 3.13. The maximum Gasteiger partial charge on any atom is 0.226 e. The maximum atomic E-state index is 12.3. The first-order chi connectivity index (χ1) is 11.0. The molecule has 3 nitrogen and oxygen atoms in total. The van der Waals surface area contributed by atoms with Crippen LogP contribution in [0.3, 0.4) is 0 Å². The average Bonchev–Trinajstić information content (AvgIpc) is 2.52. The number of hydrogen-bond donors (Lipinski definition) is 3. The van der Waals surface area contributed by atoms with Gasteiger partial charge < -0.3 is 10.4 Å². The largest absolute Gasteiger partial charge is 0.374 e. The normalized spacial score (nSPS) is 13.8. The number of nitrogens with one attached hydrogen (secondary N) is 1. The molecule has 0 bridgehead atoms. The Hall–Kier alpha value is -0.650. The Morgan fingerprint density at radius 1 is 1.39 bits per heavy atom. The summed E-state index contributed by atoms with van der Waals surface area (Å²) in [5.74, 6) is 1.58. The lowest BCUT2D eigenvalue weighted by molar-refractivity contribution is -0.127. The van der Waals surface area contributed by atoms with E-state index < -0.39 is 6.23 Å². The summed E-state index contributed by atoms with van der Waals surface area (Å²) in [6.07, 6.45) is 3.40. The van der Waals surface area contributed by atoms with Crippen molar-refractivity contribution in [3.63, 3.8) is 0 Å². The summed E-state index contributed by atoms with van der Waals surface area (Å²) in [7, 11) is 0. The number of hydrogen-bond acceptors (Lipinski definition) is 4. The molecule has 0 heterocycles. The molecule has 5 heteroatoms. The van der Waals surface area contributed by atoms with Crippen molar-refractivity contribution < 1.29 is 9.90 Å². The van der Waals surface area contributed by atoms with Gasteiger partial charge in [-0.2, -0.15) is 24.4 Å². The highest BCUT2D eigenvalue weighted by Gasteiger charge is 2.20. The van der Waals surface area contributed by atoms with Crippen molar-refractivity contribution in [2.45, 2.75) is 45.3 Å². The van der Waals surface area contributed by atoms with E-state index in [2.05, 4.69) is 43.9 Å². The molecule has 0 aliphatic carbocycles. The summed E-state index contributed by atoms with van der Waals surface area (Å²) >= 11 is 6.06. The zero-order valence-corrected chi connectivity index (χ0v) is 16.0. The minimum absolute atomic E-state index is 0.119. The lowest BCUT2D eigenvalue weighted by atomic mass is 9.95. The van der Waals surface area contributed by atoms with Crippen molar-refractivity contribution in [2.75, 3.05) is 17.8 Å². The molecule has 0 aliphatic heterocycles. The molecule has 130 valence electrons. The molecule has 2 N–H and O–H groups in total. The summed E-state index contributed by atoms with van der Waals surface area (Å²) in [6, 6.07) is 8.35. The standard InChI is InChI=1S/C18H29NO2S2/c1-13(2)15-7-4-6-14(10-15)11-16(12-22)18(21)19-17(20)8-5-9-23-3/h4,6-7,10,13,16-17,20,22H,5,8-9,11-12H2,1-3H3,(H,19,21). The fourth-order valence-electron chi connectivity index (χ4n) is 2.38. The number of rotatable bonds is 10. The predicted molar refractivity (Wildman–Crippen MR) is 103 cm³/mol. The SMILES string of the molecule is CSCCCC(O)NC(=O)C(CS)Cc1cccc(C(C)C)c1. The van der Waals surface area contributed by atoms with Crippen molar-refractivity contribution in [1.29, 1.82) is 0 Å². The fraction of sp³-hybridized carbons (Fsp3) is 0.611. The number of carbonyl (C=O) groups excluding carboxylic acids is 1. The maximum absolute atomic E-state index is 12.3. The summed E-state index contributed by atoms with van der Waals surface area (Å²) in [4.78, 5) is 12.3. The van der Waals surface area contributed by atoms with Crippen LogP contribution in [0.1, 0.15) is 43.7 Å². The van der Waals surface area contributed by atoms with Crippen molar-refractivity contribution >= 4 is 30.3 Å². The van der Waals surface area contributed by atoms with Gasteiger partial charge >= 0.3 is 0 Å². The summed E-state index contributed by atoms with van der Waals surface area (Å²) in [5.41, 5.74) is 2.42. The third-order valence-corrected chi connectivity index (χ3v) is 4.96. The van der Waals surface area contributed by atoms with Crippen LogP contribution in [0.5, 0.6) is 0 Å². The second-order valence-electron chi connectivity index (χ2n) is 6.14. The first kappa shape index (κ1) is 20.4. The summed E-state index contributed by atoms with van der Waals surface area (Å²) < 4.78 is 0. The Labute approximate surface area is 150 Å². The Morgan fingerprint density at radius 2 is 2.13 bits per heavy atom. The first-order valence-electron chi connectivity index (χ1n) is 8.15. The molecule has 0 radical (unpaired) electrons. The van der Waals surface area contributed by atoms with Gasteiger partial charge in [0, 0.05) is 5.75 Å². The van der Waals surface area contributed by atoms with Crippen LogP contribution < -0.4 is 5.32 Å². The molecule has 2 atom stereocenters. The molecule has 1 aromatic rings. The second kappa shape index (κ2) is 11.0. The van der Waals surface area contributed by atoms with Crippen molar-refractivity contribution in [3.8, 4) is 0 Å². The predicted octanol–water partition coefficient (Wildman–Crippen LogP) is 3.48. The van der Waals surface area contributed by atoms with Crippen LogP contribution in [0.4, 0.5) is 0 Å². The Balaban J connectivity index is 2.58. The van der Waals surface area contributed by atoms with E-state index in [4.69, 9.17) is 0 Å². The lowest BCUT2D eigenvalue weighted by Gasteiger charge is -2.19. The van der Waals surface area contributed by atoms with Crippen LogP contribution in [-0.2, 0) is 11.2 Å². The van der Waals surface area contributed by atoms with E-state index in [0.29, 0.717) is 24.5 Å². The van der Waals surface area contributed by atoms with E-state index in [0.717, 1.165) is 17.7 Å². The van der Waals surface area contributed by atoms with Gasteiger partial charge in [0.1, 0.15) is 6.23 Å². The Kier molecular flexibility index (Phi) is 9.75. The van der Waals surface area contributed by atoms with Gasteiger partial charge in [-0.05, 0) is 48.3 Å². The van der Waals surface area contributed by atoms with E-state index >= 15 is 0 Å². The Morgan fingerprint density at radius 3 is 2.74 bits per heavy atom. The minimum atomic E-state index is -0.765. The van der Waals surface area contributed by atoms with Gasteiger partial charge in [0.05, 0.1) is 5.92 Å². The number of carbonyl (C=O) groups is 1. The number of aliphatic hydroxyl groups excluding tert-OH is 1. The quantitative estimate of drug-likeness (QED) is 0.342. The van der Waals surface area contributed by atoms with Crippen molar-refractivity contribution in [3.05, 3.63) is 35.4 Å². The monoisotopic (exact) mass is 355 g/mol. The van der Waals surface area contributed by atoms with E-state index in [9.17, 15) is 9.90 Å². The van der Waals surface area contributed by atoms with Crippen molar-refractivity contribution in [2.24, 2.45) is 5.92 Å². The van der Waals surface area contributed by atoms with Crippen LogP contribution in [0.2, 0.25) is 0 Å². The smallest absolute Gasteiger partial charge is 0.226 e. The molecule has 0 saturated heterocycles. The molecule has 0 aromatic heterocycles. The van der Waals surface area contributed by atoms with Gasteiger partial charge in [0.2, 0.25) is 5.91 Å². The third kappa shape index (κ3) is 7.64. The lowest BCUT2D eigenvalue weighted by Crippen LogP contribution is -2.40. The molecular weight excluding hydrogens is 326 g/mol. The van der Waals surface area contributed by atoms with E-state index in [1.54, 1.807) is 11.8 Å². The Bertz CT molecular complexity index is 480. The highest BCUT2D eigenvalue weighted by Crippen LogP contribution is 2.18. The average molecular weight is 356 g/mol. The summed E-state index contributed by atoms with van der Waals surface area (Å²) in [5, 5.41) is 12.6.